The highest BCUT2D eigenvalue weighted by molar-refractivity contribution is 5.76. The van der Waals surface area contributed by atoms with Gasteiger partial charge in [-0.2, -0.15) is 0 Å². The van der Waals surface area contributed by atoms with E-state index >= 15 is 0 Å². The minimum absolute atomic E-state index is 0.0470. The van der Waals surface area contributed by atoms with Gasteiger partial charge in [-0.05, 0) is 19.8 Å². The van der Waals surface area contributed by atoms with E-state index in [0.717, 1.165) is 25.9 Å². The molecule has 0 bridgehead atoms. The summed E-state index contributed by atoms with van der Waals surface area (Å²) in [6.45, 7) is 5.76. The molecule has 1 unspecified atom stereocenters. The van der Waals surface area contributed by atoms with E-state index in [2.05, 4.69) is 6.92 Å². The maximum Gasteiger partial charge on any atom is 0.236 e. The van der Waals surface area contributed by atoms with Gasteiger partial charge in [0.15, 0.2) is 0 Å². The van der Waals surface area contributed by atoms with Crippen molar-refractivity contribution < 1.29 is 9.90 Å². The number of aliphatic hydroxyl groups excluding tert-OH is 1. The second-order valence-corrected chi connectivity index (χ2v) is 3.82. The zero-order valence-electron chi connectivity index (χ0n) is 9.07. The van der Waals surface area contributed by atoms with Crippen LogP contribution in [-0.4, -0.2) is 46.8 Å². The summed E-state index contributed by atoms with van der Waals surface area (Å²) in [7, 11) is 0. The molecule has 1 aliphatic rings. The summed E-state index contributed by atoms with van der Waals surface area (Å²) in [6.07, 6.45) is 2.51. The van der Waals surface area contributed by atoms with Crippen LogP contribution in [0.2, 0.25) is 0 Å². The Balaban J connectivity index is 2.64. The van der Waals surface area contributed by atoms with Crippen molar-refractivity contribution in [3.63, 3.8) is 0 Å². The summed E-state index contributed by atoms with van der Waals surface area (Å²) in [5.41, 5.74) is 0. The number of hydrogen-bond donors (Lipinski definition) is 1. The predicted octanol–water partition coefficient (Wildman–Crippen LogP) is 0.617. The van der Waals surface area contributed by atoms with Crippen LogP contribution in [0, 0.1) is 0 Å². The summed E-state index contributed by atoms with van der Waals surface area (Å²) in [5.74, 6) is 0.193. The standard InChI is InChI=1S/C10H20N2O2/c1-3-6-12-10(14)5-4-7-11(12)9(2)8-13/h9,13H,3-8H2,1-2H3. The molecule has 0 radical (unpaired) electrons. The molecule has 1 N–H and O–H groups in total. The molecular formula is C10H20N2O2. The summed E-state index contributed by atoms with van der Waals surface area (Å²) in [4.78, 5) is 11.6. The third-order valence-corrected chi connectivity index (χ3v) is 2.58. The van der Waals surface area contributed by atoms with E-state index in [1.807, 2.05) is 11.9 Å². The zero-order valence-corrected chi connectivity index (χ0v) is 9.07. The molecule has 1 rings (SSSR count). The van der Waals surface area contributed by atoms with E-state index in [-0.39, 0.29) is 18.6 Å². The fraction of sp³-hybridized carbons (Fsp3) is 0.900. The van der Waals surface area contributed by atoms with Gasteiger partial charge in [-0.25, -0.2) is 5.01 Å². The maximum atomic E-state index is 11.6. The number of carbonyl (C=O) groups excluding carboxylic acids is 1. The summed E-state index contributed by atoms with van der Waals surface area (Å²) in [5, 5.41) is 12.9. The van der Waals surface area contributed by atoms with Gasteiger partial charge in [-0.1, -0.05) is 6.92 Å². The molecule has 4 heteroatoms. The van der Waals surface area contributed by atoms with Gasteiger partial charge < -0.3 is 5.11 Å². The smallest absolute Gasteiger partial charge is 0.236 e. The number of hydrogen-bond acceptors (Lipinski definition) is 3. The van der Waals surface area contributed by atoms with Crippen LogP contribution >= 0.6 is 0 Å². The lowest BCUT2D eigenvalue weighted by Crippen LogP contribution is -2.55. The number of rotatable bonds is 4. The van der Waals surface area contributed by atoms with Crippen LogP contribution in [0.1, 0.15) is 33.1 Å². The van der Waals surface area contributed by atoms with E-state index in [1.165, 1.54) is 0 Å². The van der Waals surface area contributed by atoms with E-state index in [9.17, 15) is 4.79 Å². The Kier molecular flexibility index (Phi) is 4.35. The minimum Gasteiger partial charge on any atom is -0.395 e. The van der Waals surface area contributed by atoms with Gasteiger partial charge in [0.05, 0.1) is 6.61 Å². The van der Waals surface area contributed by atoms with Gasteiger partial charge in [-0.15, -0.1) is 0 Å². The van der Waals surface area contributed by atoms with Crippen molar-refractivity contribution in [3.05, 3.63) is 0 Å². The molecule has 4 nitrogen and oxygen atoms in total. The first kappa shape index (κ1) is 11.5. The Bertz CT molecular complexity index is 197. The molecule has 14 heavy (non-hydrogen) atoms. The van der Waals surface area contributed by atoms with E-state index in [1.54, 1.807) is 5.01 Å². The van der Waals surface area contributed by atoms with Crippen LogP contribution in [0.25, 0.3) is 0 Å². The van der Waals surface area contributed by atoms with Crippen molar-refractivity contribution >= 4 is 5.91 Å². The predicted molar refractivity (Wildman–Crippen MR) is 54.5 cm³/mol. The van der Waals surface area contributed by atoms with Gasteiger partial charge in [-0.3, -0.25) is 9.80 Å². The van der Waals surface area contributed by atoms with Crippen molar-refractivity contribution in [1.29, 1.82) is 0 Å². The number of carbonyl (C=O) groups is 1. The maximum absolute atomic E-state index is 11.6. The monoisotopic (exact) mass is 200 g/mol. The van der Waals surface area contributed by atoms with Gasteiger partial charge in [0.2, 0.25) is 5.91 Å². The van der Waals surface area contributed by atoms with Crippen molar-refractivity contribution in [2.75, 3.05) is 19.7 Å². The lowest BCUT2D eigenvalue weighted by molar-refractivity contribution is -0.162. The first-order valence-electron chi connectivity index (χ1n) is 5.38. The normalized spacial score (nSPS) is 21.4. The summed E-state index contributed by atoms with van der Waals surface area (Å²) < 4.78 is 0. The third kappa shape index (κ3) is 2.45. The highest BCUT2D eigenvalue weighted by atomic mass is 16.3. The average Bonchev–Trinajstić information content (AvgIpc) is 2.20. The zero-order chi connectivity index (χ0) is 10.6. The van der Waals surface area contributed by atoms with Crippen molar-refractivity contribution in [2.45, 2.75) is 39.2 Å². The molecule has 0 saturated carbocycles. The molecule has 0 aliphatic carbocycles. The van der Waals surface area contributed by atoms with Crippen LogP contribution in [0.15, 0.2) is 0 Å². The molecule has 1 amide bonds. The van der Waals surface area contributed by atoms with E-state index < -0.39 is 0 Å². The lowest BCUT2D eigenvalue weighted by atomic mass is 10.2. The molecule has 0 aromatic carbocycles. The summed E-state index contributed by atoms with van der Waals surface area (Å²) in [6, 6.07) is 0.0470. The second kappa shape index (κ2) is 5.32. The fourth-order valence-electron chi connectivity index (χ4n) is 1.80. The molecule has 82 valence electrons. The Labute approximate surface area is 85.5 Å². The second-order valence-electron chi connectivity index (χ2n) is 3.82. The summed E-state index contributed by atoms with van der Waals surface area (Å²) >= 11 is 0. The van der Waals surface area contributed by atoms with Gasteiger partial charge >= 0.3 is 0 Å². The third-order valence-electron chi connectivity index (χ3n) is 2.58. The number of hydrazine groups is 1. The van der Waals surface area contributed by atoms with Crippen molar-refractivity contribution in [3.8, 4) is 0 Å². The van der Waals surface area contributed by atoms with Gasteiger partial charge in [0, 0.05) is 25.6 Å². The van der Waals surface area contributed by atoms with E-state index in [4.69, 9.17) is 5.11 Å². The fourth-order valence-corrected chi connectivity index (χ4v) is 1.80. The van der Waals surface area contributed by atoms with Gasteiger partial charge in [0.25, 0.3) is 0 Å². The Morgan fingerprint density at radius 3 is 2.86 bits per heavy atom. The van der Waals surface area contributed by atoms with Crippen LogP contribution in [0.4, 0.5) is 0 Å². The highest BCUT2D eigenvalue weighted by Crippen LogP contribution is 2.15. The lowest BCUT2D eigenvalue weighted by Gasteiger charge is -2.41. The molecule has 1 heterocycles. The molecule has 0 aromatic rings. The molecule has 1 atom stereocenters. The average molecular weight is 200 g/mol. The first-order valence-corrected chi connectivity index (χ1v) is 5.38. The quantitative estimate of drug-likeness (QED) is 0.723. The van der Waals surface area contributed by atoms with Crippen LogP contribution in [0.3, 0.4) is 0 Å². The molecular weight excluding hydrogens is 180 g/mol. The SMILES string of the molecule is CCCN1C(=O)CCCN1C(C)CO. The van der Waals surface area contributed by atoms with Gasteiger partial charge in [0.1, 0.15) is 0 Å². The molecule has 1 saturated heterocycles. The number of aliphatic hydroxyl groups is 1. The molecule has 1 fully saturated rings. The Hall–Kier alpha value is -0.610. The van der Waals surface area contributed by atoms with Crippen molar-refractivity contribution in [2.24, 2.45) is 0 Å². The van der Waals surface area contributed by atoms with E-state index in [0.29, 0.717) is 6.42 Å². The minimum atomic E-state index is 0.0470. The first-order chi connectivity index (χ1) is 6.70. The topological polar surface area (TPSA) is 43.8 Å². The molecule has 1 aliphatic heterocycles. The largest absolute Gasteiger partial charge is 0.395 e. The van der Waals surface area contributed by atoms with Crippen LogP contribution in [-0.2, 0) is 4.79 Å². The Morgan fingerprint density at radius 2 is 2.29 bits per heavy atom. The molecule has 0 spiro atoms. The molecule has 0 aromatic heterocycles. The van der Waals surface area contributed by atoms with Crippen LogP contribution in [0.5, 0.6) is 0 Å². The van der Waals surface area contributed by atoms with Crippen molar-refractivity contribution in [1.82, 2.24) is 10.0 Å². The Morgan fingerprint density at radius 1 is 1.57 bits per heavy atom. The van der Waals surface area contributed by atoms with Crippen LogP contribution < -0.4 is 0 Å². The highest BCUT2D eigenvalue weighted by Gasteiger charge is 2.28. The number of amides is 1. The number of nitrogens with zero attached hydrogens (tertiary/aromatic N) is 2.